The number of aryl methyl sites for hydroxylation is 1. The number of thiophene rings is 1. The van der Waals surface area contributed by atoms with E-state index in [1.54, 1.807) is 6.07 Å². The number of sulfonamides is 1. The molecule has 1 aromatic heterocycles. The van der Waals surface area contributed by atoms with Gasteiger partial charge in [-0.05, 0) is 31.7 Å². The molecular weight excluding hydrogens is 280 g/mol. The van der Waals surface area contributed by atoms with Gasteiger partial charge in [0.2, 0.25) is 10.0 Å². The van der Waals surface area contributed by atoms with Gasteiger partial charge in [0, 0.05) is 22.3 Å². The van der Waals surface area contributed by atoms with Crippen molar-refractivity contribution in [3.63, 3.8) is 0 Å². The maximum absolute atomic E-state index is 12.4. The highest BCUT2D eigenvalue weighted by atomic mass is 32.2. The first-order valence-corrected chi connectivity index (χ1v) is 9.04. The Morgan fingerprint density at radius 1 is 1.47 bits per heavy atom. The first-order chi connectivity index (χ1) is 8.92. The molecule has 0 saturated heterocycles. The average Bonchev–Trinajstić information content (AvgIpc) is 2.71. The Balaban J connectivity index is 2.15. The van der Waals surface area contributed by atoms with Crippen LogP contribution in [-0.4, -0.2) is 14.5 Å². The predicted octanol–water partition coefficient (Wildman–Crippen LogP) is 2.37. The fourth-order valence-electron chi connectivity index (χ4n) is 2.72. The molecule has 1 aliphatic carbocycles. The van der Waals surface area contributed by atoms with Crippen LogP contribution in [0, 0.1) is 12.8 Å². The third-order valence-corrected chi connectivity index (χ3v) is 6.52. The van der Waals surface area contributed by atoms with E-state index in [1.165, 1.54) is 17.8 Å². The Hall–Kier alpha value is -0.430. The lowest BCUT2D eigenvalue weighted by Gasteiger charge is -2.27. The molecule has 0 amide bonds. The van der Waals surface area contributed by atoms with Crippen molar-refractivity contribution in [1.29, 1.82) is 0 Å². The minimum Gasteiger partial charge on any atom is -0.326 e. The number of nitrogens with one attached hydrogen (secondary N) is 1. The van der Waals surface area contributed by atoms with E-state index in [2.05, 4.69) is 11.6 Å². The highest BCUT2D eigenvalue weighted by Gasteiger charge is 2.26. The summed E-state index contributed by atoms with van der Waals surface area (Å²) in [6.45, 7) is 4.41. The summed E-state index contributed by atoms with van der Waals surface area (Å²) < 4.78 is 27.7. The van der Waals surface area contributed by atoms with Gasteiger partial charge in [0.25, 0.3) is 0 Å². The molecule has 3 N–H and O–H groups in total. The molecule has 2 atom stereocenters. The molecular formula is C13H22N2O2S2. The lowest BCUT2D eigenvalue weighted by molar-refractivity contribution is 0.327. The Kier molecular flexibility index (Phi) is 4.66. The summed E-state index contributed by atoms with van der Waals surface area (Å²) in [6.07, 6.45) is 4.18. The monoisotopic (exact) mass is 302 g/mol. The van der Waals surface area contributed by atoms with Gasteiger partial charge in [-0.2, -0.15) is 0 Å². The molecule has 4 nitrogen and oxygen atoms in total. The summed E-state index contributed by atoms with van der Waals surface area (Å²) in [5.41, 5.74) is 5.57. The van der Waals surface area contributed by atoms with E-state index in [0.717, 1.165) is 29.0 Å². The van der Waals surface area contributed by atoms with E-state index in [4.69, 9.17) is 5.73 Å². The smallest absolute Gasteiger partial charge is 0.241 e. The van der Waals surface area contributed by atoms with Crippen molar-refractivity contribution in [1.82, 2.24) is 4.72 Å². The Morgan fingerprint density at radius 2 is 2.21 bits per heavy atom. The van der Waals surface area contributed by atoms with Gasteiger partial charge in [-0.3, -0.25) is 0 Å². The van der Waals surface area contributed by atoms with Crippen LogP contribution in [0.25, 0.3) is 0 Å². The topological polar surface area (TPSA) is 72.2 Å². The minimum absolute atomic E-state index is 0.0781. The van der Waals surface area contributed by atoms with Crippen molar-refractivity contribution in [2.45, 2.75) is 57.0 Å². The van der Waals surface area contributed by atoms with Gasteiger partial charge in [0.1, 0.15) is 0 Å². The van der Waals surface area contributed by atoms with Crippen LogP contribution >= 0.6 is 11.3 Å². The molecule has 0 aliphatic heterocycles. The molecule has 0 aromatic carbocycles. The molecule has 19 heavy (non-hydrogen) atoms. The van der Waals surface area contributed by atoms with E-state index in [-0.39, 0.29) is 6.04 Å². The summed E-state index contributed by atoms with van der Waals surface area (Å²) in [6, 6.07) is 1.78. The van der Waals surface area contributed by atoms with Crippen LogP contribution in [0.2, 0.25) is 0 Å². The molecule has 2 unspecified atom stereocenters. The lowest BCUT2D eigenvalue weighted by Crippen LogP contribution is -2.38. The zero-order valence-corrected chi connectivity index (χ0v) is 13.1. The summed E-state index contributed by atoms with van der Waals surface area (Å²) >= 11 is 1.46. The second-order valence-electron chi connectivity index (χ2n) is 5.43. The zero-order valence-electron chi connectivity index (χ0n) is 11.5. The van der Waals surface area contributed by atoms with Gasteiger partial charge in [0.05, 0.1) is 4.90 Å². The van der Waals surface area contributed by atoms with Crippen LogP contribution in [0.15, 0.2) is 11.0 Å². The third kappa shape index (κ3) is 3.56. The predicted molar refractivity (Wildman–Crippen MR) is 78.7 cm³/mol. The Bertz CT molecular complexity index is 537. The maximum atomic E-state index is 12.4. The van der Waals surface area contributed by atoms with E-state index in [1.807, 2.05) is 6.92 Å². The zero-order chi connectivity index (χ0) is 14.0. The van der Waals surface area contributed by atoms with Gasteiger partial charge >= 0.3 is 0 Å². The van der Waals surface area contributed by atoms with Crippen molar-refractivity contribution >= 4 is 21.4 Å². The Morgan fingerprint density at radius 3 is 2.79 bits per heavy atom. The Labute approximate surface area is 119 Å². The van der Waals surface area contributed by atoms with E-state index in [9.17, 15) is 8.42 Å². The lowest BCUT2D eigenvalue weighted by atomic mass is 9.88. The van der Waals surface area contributed by atoms with Gasteiger partial charge in [0.15, 0.2) is 0 Å². The van der Waals surface area contributed by atoms with Crippen molar-refractivity contribution in [2.24, 2.45) is 11.7 Å². The van der Waals surface area contributed by atoms with E-state index < -0.39 is 10.0 Å². The molecule has 6 heteroatoms. The first-order valence-electron chi connectivity index (χ1n) is 6.74. The molecule has 108 valence electrons. The minimum atomic E-state index is -3.40. The highest BCUT2D eigenvalue weighted by Crippen LogP contribution is 2.28. The molecule has 2 rings (SSSR count). The van der Waals surface area contributed by atoms with Crippen LogP contribution < -0.4 is 10.5 Å². The number of rotatable bonds is 4. The normalized spacial score (nSPS) is 24.6. The van der Waals surface area contributed by atoms with Gasteiger partial charge in [-0.15, -0.1) is 11.3 Å². The molecule has 1 saturated carbocycles. The molecule has 0 spiro atoms. The standard InChI is InChI=1S/C13H22N2O2S2/c1-9-4-3-5-11(6-9)15-19(16,17)13-7-12(8-14)18-10(13)2/h7,9,11,15H,3-6,8,14H2,1-2H3. The summed E-state index contributed by atoms with van der Waals surface area (Å²) in [5.74, 6) is 0.602. The van der Waals surface area contributed by atoms with Gasteiger partial charge in [-0.1, -0.05) is 19.8 Å². The summed E-state index contributed by atoms with van der Waals surface area (Å²) in [7, 11) is -3.40. The second-order valence-corrected chi connectivity index (χ2v) is 8.45. The van der Waals surface area contributed by atoms with Crippen molar-refractivity contribution < 1.29 is 8.42 Å². The van der Waals surface area contributed by atoms with Gasteiger partial charge in [-0.25, -0.2) is 13.1 Å². The number of nitrogens with two attached hydrogens (primary N) is 1. The van der Waals surface area contributed by atoms with Crippen LogP contribution in [-0.2, 0) is 16.6 Å². The van der Waals surface area contributed by atoms with E-state index >= 15 is 0 Å². The molecule has 1 heterocycles. The molecule has 1 aliphatic rings. The third-order valence-electron chi connectivity index (χ3n) is 3.67. The SMILES string of the molecule is Cc1sc(CN)cc1S(=O)(=O)NC1CCCC(C)C1. The quantitative estimate of drug-likeness (QED) is 0.897. The van der Waals surface area contributed by atoms with Crippen LogP contribution in [0.3, 0.4) is 0 Å². The largest absolute Gasteiger partial charge is 0.326 e. The van der Waals surface area contributed by atoms with Gasteiger partial charge < -0.3 is 5.73 Å². The second kappa shape index (κ2) is 5.91. The molecule has 1 fully saturated rings. The molecule has 0 bridgehead atoms. The number of hydrogen-bond donors (Lipinski definition) is 2. The average molecular weight is 302 g/mol. The fraction of sp³-hybridized carbons (Fsp3) is 0.692. The van der Waals surface area contributed by atoms with Crippen LogP contribution in [0.5, 0.6) is 0 Å². The summed E-state index contributed by atoms with van der Waals surface area (Å²) in [4.78, 5) is 2.13. The molecule has 0 radical (unpaired) electrons. The maximum Gasteiger partial charge on any atom is 0.241 e. The van der Waals surface area contributed by atoms with Crippen LogP contribution in [0.1, 0.15) is 42.4 Å². The van der Waals surface area contributed by atoms with Crippen molar-refractivity contribution in [3.8, 4) is 0 Å². The highest BCUT2D eigenvalue weighted by molar-refractivity contribution is 7.89. The molecule has 1 aromatic rings. The van der Waals surface area contributed by atoms with Crippen molar-refractivity contribution in [3.05, 3.63) is 15.8 Å². The number of hydrogen-bond acceptors (Lipinski definition) is 4. The van der Waals surface area contributed by atoms with E-state index in [0.29, 0.717) is 17.4 Å². The van der Waals surface area contributed by atoms with Crippen molar-refractivity contribution in [2.75, 3.05) is 0 Å². The first kappa shape index (κ1) is 15.0. The summed E-state index contributed by atoms with van der Waals surface area (Å²) in [5, 5.41) is 0. The fourth-order valence-corrected chi connectivity index (χ4v) is 5.51. The van der Waals surface area contributed by atoms with Crippen LogP contribution in [0.4, 0.5) is 0 Å².